The van der Waals surface area contributed by atoms with E-state index in [1.165, 1.54) is 18.2 Å². The fraction of sp³-hybridized carbons (Fsp3) is 0.462. The molecule has 1 aliphatic rings. The van der Waals surface area contributed by atoms with Crippen molar-refractivity contribution < 1.29 is 9.72 Å². The van der Waals surface area contributed by atoms with Crippen molar-refractivity contribution in [1.82, 2.24) is 0 Å². The van der Waals surface area contributed by atoms with Crippen LogP contribution in [0.2, 0.25) is 5.02 Å². The molecule has 6 nitrogen and oxygen atoms in total. The minimum atomic E-state index is -0.882. The van der Waals surface area contributed by atoms with Crippen LogP contribution in [-0.2, 0) is 4.79 Å². The van der Waals surface area contributed by atoms with Crippen molar-refractivity contribution in [3.63, 3.8) is 0 Å². The summed E-state index contributed by atoms with van der Waals surface area (Å²) in [6.07, 6.45) is 4.19. The van der Waals surface area contributed by atoms with Crippen LogP contribution in [0, 0.1) is 10.1 Å². The van der Waals surface area contributed by atoms with Crippen LogP contribution in [0.3, 0.4) is 0 Å². The van der Waals surface area contributed by atoms with Crippen molar-refractivity contribution in [3.05, 3.63) is 33.3 Å². The molecule has 3 N–H and O–H groups in total. The Morgan fingerprint density at radius 3 is 2.60 bits per heavy atom. The van der Waals surface area contributed by atoms with Crippen molar-refractivity contribution in [2.75, 3.05) is 5.32 Å². The monoisotopic (exact) mass is 297 g/mol. The van der Waals surface area contributed by atoms with Gasteiger partial charge >= 0.3 is 0 Å². The molecule has 1 saturated carbocycles. The first kappa shape index (κ1) is 14.7. The van der Waals surface area contributed by atoms with Crippen molar-refractivity contribution in [1.29, 1.82) is 0 Å². The Balaban J connectivity index is 2.15. The van der Waals surface area contributed by atoms with Gasteiger partial charge in [0.25, 0.3) is 5.69 Å². The molecule has 0 radical (unpaired) electrons. The van der Waals surface area contributed by atoms with E-state index in [1.807, 2.05) is 0 Å². The summed E-state index contributed by atoms with van der Waals surface area (Å²) in [7, 11) is 0. The number of rotatable bonds is 3. The number of carbonyl (C=O) groups excluding carboxylic acids is 1. The van der Waals surface area contributed by atoms with Gasteiger partial charge in [0.15, 0.2) is 0 Å². The number of benzene rings is 1. The van der Waals surface area contributed by atoms with E-state index < -0.39 is 10.5 Å². The van der Waals surface area contributed by atoms with E-state index in [4.69, 9.17) is 17.3 Å². The molecular weight excluding hydrogens is 282 g/mol. The van der Waals surface area contributed by atoms with Gasteiger partial charge in [-0.15, -0.1) is 0 Å². The average Bonchev–Trinajstić information content (AvgIpc) is 2.41. The fourth-order valence-electron chi connectivity index (χ4n) is 2.40. The SMILES string of the molecule is NC1(C(=O)Nc2ccc(Cl)c([N+](=O)[O-])c2)CCCCC1. The van der Waals surface area contributed by atoms with Gasteiger partial charge in [-0.25, -0.2) is 0 Å². The minimum absolute atomic E-state index is 0.0353. The maximum atomic E-state index is 12.2. The molecule has 0 bridgehead atoms. The van der Waals surface area contributed by atoms with E-state index in [1.54, 1.807) is 0 Å². The molecule has 1 fully saturated rings. The van der Waals surface area contributed by atoms with Crippen LogP contribution < -0.4 is 11.1 Å². The number of hydrogen-bond acceptors (Lipinski definition) is 4. The molecule has 108 valence electrons. The molecule has 0 aliphatic heterocycles. The van der Waals surface area contributed by atoms with Gasteiger partial charge in [-0.3, -0.25) is 14.9 Å². The van der Waals surface area contributed by atoms with Gasteiger partial charge in [0.05, 0.1) is 10.5 Å². The normalized spacial score (nSPS) is 17.5. The summed E-state index contributed by atoms with van der Waals surface area (Å²) in [6, 6.07) is 4.16. The molecule has 0 aromatic heterocycles. The Labute approximate surface area is 121 Å². The summed E-state index contributed by atoms with van der Waals surface area (Å²) >= 11 is 5.72. The lowest BCUT2D eigenvalue weighted by Crippen LogP contribution is -2.52. The predicted molar refractivity (Wildman–Crippen MR) is 76.7 cm³/mol. The molecule has 0 unspecified atom stereocenters. The second kappa shape index (κ2) is 5.76. The van der Waals surface area contributed by atoms with E-state index >= 15 is 0 Å². The second-order valence-corrected chi connectivity index (χ2v) is 5.50. The smallest absolute Gasteiger partial charge is 0.289 e. The summed E-state index contributed by atoms with van der Waals surface area (Å²) in [5.74, 6) is -0.297. The maximum absolute atomic E-state index is 12.2. The first-order valence-electron chi connectivity index (χ1n) is 6.47. The predicted octanol–water partition coefficient (Wildman–Crippen LogP) is 2.85. The summed E-state index contributed by atoms with van der Waals surface area (Å²) in [5.41, 5.74) is 5.32. The number of nitrogens with zero attached hydrogens (tertiary/aromatic N) is 1. The number of halogens is 1. The first-order chi connectivity index (χ1) is 9.42. The molecule has 7 heteroatoms. The van der Waals surface area contributed by atoms with Gasteiger partial charge in [0, 0.05) is 11.8 Å². The van der Waals surface area contributed by atoms with Gasteiger partial charge in [-0.05, 0) is 25.0 Å². The molecule has 20 heavy (non-hydrogen) atoms. The molecule has 1 aliphatic carbocycles. The molecule has 2 rings (SSSR count). The number of nitro benzene ring substituents is 1. The lowest BCUT2D eigenvalue weighted by molar-refractivity contribution is -0.384. The lowest BCUT2D eigenvalue weighted by atomic mass is 9.82. The highest BCUT2D eigenvalue weighted by Crippen LogP contribution is 2.30. The minimum Gasteiger partial charge on any atom is -0.324 e. The van der Waals surface area contributed by atoms with Gasteiger partial charge in [-0.2, -0.15) is 0 Å². The van der Waals surface area contributed by atoms with Gasteiger partial charge in [0.1, 0.15) is 5.02 Å². The van der Waals surface area contributed by atoms with Gasteiger partial charge in [-0.1, -0.05) is 30.9 Å². The third-order valence-electron chi connectivity index (χ3n) is 3.60. The number of anilines is 1. The van der Waals surface area contributed by atoms with Gasteiger partial charge < -0.3 is 11.1 Å². The quantitative estimate of drug-likeness (QED) is 0.662. The molecule has 0 heterocycles. The van der Waals surface area contributed by atoms with Crippen molar-refractivity contribution >= 4 is 28.9 Å². The van der Waals surface area contributed by atoms with E-state index in [-0.39, 0.29) is 16.6 Å². The average molecular weight is 298 g/mol. The Bertz CT molecular complexity index is 542. The van der Waals surface area contributed by atoms with Crippen LogP contribution in [0.5, 0.6) is 0 Å². The second-order valence-electron chi connectivity index (χ2n) is 5.09. The number of hydrogen-bond donors (Lipinski definition) is 2. The van der Waals surface area contributed by atoms with Crippen molar-refractivity contribution in [2.45, 2.75) is 37.6 Å². The van der Waals surface area contributed by atoms with E-state index in [0.29, 0.717) is 18.5 Å². The zero-order chi connectivity index (χ0) is 14.8. The molecule has 0 saturated heterocycles. The summed E-state index contributed by atoms with van der Waals surface area (Å²) < 4.78 is 0. The molecule has 1 amide bonds. The van der Waals surface area contributed by atoms with Crippen molar-refractivity contribution in [2.24, 2.45) is 5.73 Å². The molecule has 1 aromatic rings. The Kier molecular flexibility index (Phi) is 4.25. The highest BCUT2D eigenvalue weighted by atomic mass is 35.5. The van der Waals surface area contributed by atoms with E-state index in [0.717, 1.165) is 19.3 Å². The number of amides is 1. The zero-order valence-corrected chi connectivity index (χ0v) is 11.7. The summed E-state index contributed by atoms with van der Waals surface area (Å²) in [4.78, 5) is 22.4. The first-order valence-corrected chi connectivity index (χ1v) is 6.84. The molecule has 0 atom stereocenters. The summed E-state index contributed by atoms with van der Waals surface area (Å²) in [5, 5.41) is 13.5. The van der Waals surface area contributed by atoms with Crippen LogP contribution in [-0.4, -0.2) is 16.4 Å². The van der Waals surface area contributed by atoms with Crippen LogP contribution in [0.25, 0.3) is 0 Å². The fourth-order valence-corrected chi connectivity index (χ4v) is 2.58. The Morgan fingerprint density at radius 2 is 2.00 bits per heavy atom. The number of nitrogens with one attached hydrogen (secondary N) is 1. The Hall–Kier alpha value is -1.66. The highest BCUT2D eigenvalue weighted by molar-refractivity contribution is 6.32. The third kappa shape index (κ3) is 3.08. The van der Waals surface area contributed by atoms with Crippen molar-refractivity contribution in [3.8, 4) is 0 Å². The molecule has 0 spiro atoms. The molecule has 1 aromatic carbocycles. The Morgan fingerprint density at radius 1 is 1.35 bits per heavy atom. The zero-order valence-electron chi connectivity index (χ0n) is 10.9. The van der Waals surface area contributed by atoms with E-state index in [2.05, 4.69) is 5.32 Å². The van der Waals surface area contributed by atoms with Gasteiger partial charge in [0.2, 0.25) is 5.91 Å². The third-order valence-corrected chi connectivity index (χ3v) is 3.92. The van der Waals surface area contributed by atoms with Crippen LogP contribution in [0.4, 0.5) is 11.4 Å². The number of carbonyl (C=O) groups is 1. The van der Waals surface area contributed by atoms with Crippen LogP contribution >= 0.6 is 11.6 Å². The largest absolute Gasteiger partial charge is 0.324 e. The van der Waals surface area contributed by atoms with Crippen LogP contribution in [0.15, 0.2) is 18.2 Å². The standard InChI is InChI=1S/C13H16ClN3O3/c14-10-5-4-9(8-11(10)17(19)20)16-12(18)13(15)6-2-1-3-7-13/h4-5,8H,1-3,6-7,15H2,(H,16,18). The van der Waals surface area contributed by atoms with Crippen LogP contribution in [0.1, 0.15) is 32.1 Å². The lowest BCUT2D eigenvalue weighted by Gasteiger charge is -2.31. The topological polar surface area (TPSA) is 98.3 Å². The number of nitro groups is 1. The highest BCUT2D eigenvalue weighted by Gasteiger charge is 2.35. The maximum Gasteiger partial charge on any atom is 0.289 e. The summed E-state index contributed by atoms with van der Waals surface area (Å²) in [6.45, 7) is 0. The number of nitrogens with two attached hydrogens (primary N) is 1. The molecular formula is C13H16ClN3O3. The van der Waals surface area contributed by atoms with E-state index in [9.17, 15) is 14.9 Å².